The Kier molecular flexibility index (Phi) is 6.98. The minimum atomic E-state index is -0.253. The van der Waals surface area contributed by atoms with Gasteiger partial charge in [-0.25, -0.2) is 4.39 Å². The Morgan fingerprint density at radius 3 is 2.57 bits per heavy atom. The highest BCUT2D eigenvalue weighted by Crippen LogP contribution is 2.29. The van der Waals surface area contributed by atoms with E-state index in [2.05, 4.69) is 12.2 Å². The number of hydrogen-bond donors (Lipinski definition) is 1. The highest BCUT2D eigenvalue weighted by Gasteiger charge is 2.23. The molecule has 1 nitrogen and oxygen atoms in total. The third kappa shape index (κ3) is 5.27. The summed E-state index contributed by atoms with van der Waals surface area (Å²) in [6, 6.07) is 5.26. The third-order valence-corrected chi connectivity index (χ3v) is 4.93. The Morgan fingerprint density at radius 2 is 1.95 bits per heavy atom. The van der Waals surface area contributed by atoms with Crippen molar-refractivity contribution in [3.8, 4) is 0 Å². The van der Waals surface area contributed by atoms with Gasteiger partial charge >= 0.3 is 0 Å². The topological polar surface area (TPSA) is 12.0 Å². The number of nitrogens with one attached hydrogen (secondary N) is 1. The lowest BCUT2D eigenvalue weighted by molar-refractivity contribution is 0.317. The molecule has 1 unspecified atom stereocenters. The van der Waals surface area contributed by atoms with Crippen molar-refractivity contribution in [2.45, 2.75) is 64.3 Å². The van der Waals surface area contributed by atoms with Gasteiger partial charge in [-0.15, -0.1) is 0 Å². The second-order valence-corrected chi connectivity index (χ2v) is 6.66. The molecule has 1 aliphatic carbocycles. The molecule has 3 heteroatoms. The molecule has 1 aliphatic rings. The van der Waals surface area contributed by atoms with Gasteiger partial charge in [-0.2, -0.15) is 0 Å². The van der Waals surface area contributed by atoms with Gasteiger partial charge in [0.05, 0.1) is 0 Å². The van der Waals surface area contributed by atoms with Crippen molar-refractivity contribution in [2.24, 2.45) is 5.92 Å². The second-order valence-electron chi connectivity index (χ2n) is 6.25. The van der Waals surface area contributed by atoms with E-state index in [1.165, 1.54) is 50.7 Å². The Bertz CT molecular complexity index is 427. The maximum Gasteiger partial charge on any atom is 0.124 e. The molecule has 0 radical (unpaired) electrons. The van der Waals surface area contributed by atoms with Crippen molar-refractivity contribution < 1.29 is 4.39 Å². The first kappa shape index (κ1) is 16.8. The Morgan fingerprint density at radius 1 is 1.24 bits per heavy atom. The monoisotopic (exact) mass is 311 g/mol. The molecule has 2 rings (SSSR count). The molecule has 1 saturated carbocycles. The Balaban J connectivity index is 2.07. The first-order valence-electron chi connectivity index (χ1n) is 8.38. The van der Waals surface area contributed by atoms with E-state index in [0.717, 1.165) is 30.9 Å². The number of hydrogen-bond acceptors (Lipinski definition) is 1. The molecule has 0 bridgehead atoms. The smallest absolute Gasteiger partial charge is 0.124 e. The molecule has 1 aromatic rings. The fourth-order valence-electron chi connectivity index (χ4n) is 3.37. The van der Waals surface area contributed by atoms with Gasteiger partial charge < -0.3 is 5.32 Å². The van der Waals surface area contributed by atoms with Gasteiger partial charge in [-0.3, -0.25) is 0 Å². The first-order valence-corrected chi connectivity index (χ1v) is 8.75. The summed E-state index contributed by atoms with van der Waals surface area (Å²) >= 11 is 6.21. The molecule has 0 amide bonds. The summed E-state index contributed by atoms with van der Waals surface area (Å²) in [5, 5.41) is 4.27. The van der Waals surface area contributed by atoms with Gasteiger partial charge in [-0.1, -0.05) is 50.3 Å². The predicted octanol–water partition coefficient (Wildman–Crippen LogP) is 5.36. The van der Waals surface area contributed by atoms with Crippen LogP contribution < -0.4 is 5.32 Å². The number of rotatable bonds is 6. The van der Waals surface area contributed by atoms with Gasteiger partial charge in [-0.05, 0) is 55.8 Å². The van der Waals surface area contributed by atoms with Crippen LogP contribution >= 0.6 is 11.6 Å². The summed E-state index contributed by atoms with van der Waals surface area (Å²) in [5.74, 6) is 0.469. The molecule has 118 valence electrons. The van der Waals surface area contributed by atoms with Gasteiger partial charge in [0.15, 0.2) is 0 Å². The summed E-state index contributed by atoms with van der Waals surface area (Å²) in [7, 11) is 0. The second kappa shape index (κ2) is 8.75. The van der Waals surface area contributed by atoms with Crippen molar-refractivity contribution in [3.05, 3.63) is 34.6 Å². The minimum Gasteiger partial charge on any atom is -0.313 e. The van der Waals surface area contributed by atoms with Crippen LogP contribution in [-0.4, -0.2) is 12.6 Å². The van der Waals surface area contributed by atoms with E-state index >= 15 is 0 Å². The van der Waals surface area contributed by atoms with Crippen LogP contribution in [0.5, 0.6) is 0 Å². The Hall–Kier alpha value is -0.600. The average molecular weight is 312 g/mol. The highest BCUT2D eigenvalue weighted by molar-refractivity contribution is 6.31. The average Bonchev–Trinajstić information content (AvgIpc) is 2.74. The van der Waals surface area contributed by atoms with E-state index in [0.29, 0.717) is 11.1 Å². The molecular formula is C18H27ClFN. The van der Waals surface area contributed by atoms with Gasteiger partial charge in [0.25, 0.3) is 0 Å². The maximum atomic E-state index is 13.2. The van der Waals surface area contributed by atoms with E-state index in [1.807, 2.05) is 6.07 Å². The van der Waals surface area contributed by atoms with Gasteiger partial charge in [0.1, 0.15) is 5.82 Å². The molecule has 0 aromatic heterocycles. The molecule has 21 heavy (non-hydrogen) atoms. The molecule has 0 saturated heterocycles. The SMILES string of the molecule is CCCNC(Cc1ccc(F)cc1Cl)C1CCCCCC1. The maximum absolute atomic E-state index is 13.2. The largest absolute Gasteiger partial charge is 0.313 e. The van der Waals surface area contributed by atoms with E-state index in [-0.39, 0.29) is 5.82 Å². The van der Waals surface area contributed by atoms with Gasteiger partial charge in [0.2, 0.25) is 0 Å². The summed E-state index contributed by atoms with van der Waals surface area (Å²) in [4.78, 5) is 0. The van der Waals surface area contributed by atoms with E-state index < -0.39 is 0 Å². The van der Waals surface area contributed by atoms with Crippen LogP contribution in [0.1, 0.15) is 57.4 Å². The lowest BCUT2D eigenvalue weighted by Crippen LogP contribution is -2.38. The zero-order chi connectivity index (χ0) is 15.1. The molecular weight excluding hydrogens is 285 g/mol. The first-order chi connectivity index (χ1) is 10.2. The standard InChI is InChI=1S/C18H27ClFN/c1-2-11-21-18(14-7-5-3-4-6-8-14)12-15-9-10-16(20)13-17(15)19/h9-10,13-14,18,21H,2-8,11-12H2,1H3. The van der Waals surface area contributed by atoms with Crippen molar-refractivity contribution in [2.75, 3.05) is 6.54 Å². The van der Waals surface area contributed by atoms with Crippen LogP contribution in [-0.2, 0) is 6.42 Å². The number of benzene rings is 1. The lowest BCUT2D eigenvalue weighted by Gasteiger charge is -2.28. The summed E-state index contributed by atoms with van der Waals surface area (Å²) in [6.45, 7) is 3.24. The van der Waals surface area contributed by atoms with E-state index in [4.69, 9.17) is 11.6 Å². The molecule has 0 aliphatic heterocycles. The van der Waals surface area contributed by atoms with E-state index in [1.54, 1.807) is 0 Å². The molecule has 1 atom stereocenters. The molecule has 0 heterocycles. The van der Waals surface area contributed by atoms with Crippen LogP contribution in [0.4, 0.5) is 4.39 Å². The van der Waals surface area contributed by atoms with E-state index in [9.17, 15) is 4.39 Å². The van der Waals surface area contributed by atoms with Crippen molar-refractivity contribution in [3.63, 3.8) is 0 Å². The highest BCUT2D eigenvalue weighted by atomic mass is 35.5. The minimum absolute atomic E-state index is 0.253. The van der Waals surface area contributed by atoms with Crippen LogP contribution in [0.15, 0.2) is 18.2 Å². The zero-order valence-corrected chi connectivity index (χ0v) is 13.8. The van der Waals surface area contributed by atoms with Crippen molar-refractivity contribution in [1.82, 2.24) is 5.32 Å². The van der Waals surface area contributed by atoms with Crippen molar-refractivity contribution >= 4 is 11.6 Å². The van der Waals surface area contributed by atoms with Crippen LogP contribution in [0, 0.1) is 11.7 Å². The number of halogens is 2. The molecule has 0 spiro atoms. The lowest BCUT2D eigenvalue weighted by atomic mass is 9.87. The third-order valence-electron chi connectivity index (χ3n) is 4.58. The van der Waals surface area contributed by atoms with Gasteiger partial charge in [0, 0.05) is 11.1 Å². The summed E-state index contributed by atoms with van der Waals surface area (Å²) in [6.07, 6.45) is 10.1. The predicted molar refractivity (Wildman–Crippen MR) is 88.4 cm³/mol. The van der Waals surface area contributed by atoms with Crippen molar-refractivity contribution in [1.29, 1.82) is 0 Å². The molecule has 1 N–H and O–H groups in total. The van der Waals surface area contributed by atoms with Crippen LogP contribution in [0.25, 0.3) is 0 Å². The van der Waals surface area contributed by atoms with Crippen LogP contribution in [0.3, 0.4) is 0 Å². The zero-order valence-electron chi connectivity index (χ0n) is 13.0. The fraction of sp³-hybridized carbons (Fsp3) is 0.667. The summed E-state index contributed by atoms with van der Waals surface area (Å²) < 4.78 is 13.2. The molecule has 1 fully saturated rings. The normalized spacial score (nSPS) is 18.4. The summed E-state index contributed by atoms with van der Waals surface area (Å²) in [5.41, 5.74) is 1.07. The Labute approximate surface area is 133 Å². The fourth-order valence-corrected chi connectivity index (χ4v) is 3.62. The van der Waals surface area contributed by atoms with Crippen LogP contribution in [0.2, 0.25) is 5.02 Å². The quantitative estimate of drug-likeness (QED) is 0.697. The molecule has 1 aromatic carbocycles.